The molecule has 7 nitrogen and oxygen atoms in total. The fourth-order valence-corrected chi connectivity index (χ4v) is 4.63. The summed E-state index contributed by atoms with van der Waals surface area (Å²) in [6.45, 7) is 6.03. The zero-order chi connectivity index (χ0) is 24.0. The average molecular weight is 471 g/mol. The minimum Gasteiger partial charge on any atom is -0.385 e. The molecule has 1 fully saturated rings. The number of amides is 2. The predicted octanol–water partition coefficient (Wildman–Crippen LogP) is 3.98. The van der Waals surface area contributed by atoms with Crippen molar-refractivity contribution >= 4 is 23.2 Å². The zero-order valence-corrected chi connectivity index (χ0v) is 19.7. The van der Waals surface area contributed by atoms with Crippen LogP contribution in [0.3, 0.4) is 0 Å². The highest BCUT2D eigenvalue weighted by Gasteiger charge is 2.26. The van der Waals surface area contributed by atoms with Gasteiger partial charge in [0.25, 0.3) is 11.8 Å². The van der Waals surface area contributed by atoms with Gasteiger partial charge in [-0.1, -0.05) is 36.4 Å². The van der Waals surface area contributed by atoms with Crippen molar-refractivity contribution < 1.29 is 14.3 Å². The molecule has 0 saturated carbocycles. The predicted molar refractivity (Wildman–Crippen MR) is 138 cm³/mol. The van der Waals surface area contributed by atoms with Gasteiger partial charge in [0.15, 0.2) is 0 Å². The molecule has 2 amide bonds. The molecule has 5 rings (SSSR count). The molecule has 0 unspecified atom stereocenters. The minimum atomic E-state index is -0.238. The quantitative estimate of drug-likeness (QED) is 0.434. The molecule has 0 atom stereocenters. The van der Waals surface area contributed by atoms with Gasteiger partial charge in [0.1, 0.15) is 0 Å². The molecule has 0 radical (unpaired) electrons. The third kappa shape index (κ3) is 5.37. The topological polar surface area (TPSA) is 82.7 Å². The molecule has 2 aliphatic rings. The molecule has 7 heteroatoms. The van der Waals surface area contributed by atoms with E-state index in [-0.39, 0.29) is 11.8 Å². The summed E-state index contributed by atoms with van der Waals surface area (Å²) in [7, 11) is 0. The van der Waals surface area contributed by atoms with Crippen molar-refractivity contribution in [1.82, 2.24) is 10.2 Å². The Morgan fingerprint density at radius 3 is 2.51 bits per heavy atom. The largest absolute Gasteiger partial charge is 0.385 e. The fraction of sp³-hybridized carbons (Fsp3) is 0.286. The second-order valence-corrected chi connectivity index (χ2v) is 8.83. The molecule has 180 valence electrons. The van der Waals surface area contributed by atoms with Crippen LogP contribution < -0.4 is 16.0 Å². The Hall–Kier alpha value is -3.68. The molecule has 2 heterocycles. The van der Waals surface area contributed by atoms with E-state index in [0.717, 1.165) is 68.2 Å². The Balaban J connectivity index is 1.21. The second-order valence-electron chi connectivity index (χ2n) is 8.83. The Bertz CT molecular complexity index is 1190. The maximum atomic E-state index is 12.9. The highest BCUT2D eigenvalue weighted by molar-refractivity contribution is 6.11. The van der Waals surface area contributed by atoms with Gasteiger partial charge in [-0.25, -0.2) is 0 Å². The Kier molecular flexibility index (Phi) is 7.07. The van der Waals surface area contributed by atoms with Gasteiger partial charge in [0.05, 0.1) is 24.5 Å². The molecule has 0 aliphatic carbocycles. The van der Waals surface area contributed by atoms with E-state index in [1.54, 1.807) is 12.1 Å². The van der Waals surface area contributed by atoms with E-state index < -0.39 is 0 Å². The third-order valence-electron chi connectivity index (χ3n) is 6.53. The number of ether oxygens (including phenoxy) is 1. The maximum absolute atomic E-state index is 12.9. The highest BCUT2D eigenvalue weighted by Crippen LogP contribution is 2.34. The van der Waals surface area contributed by atoms with Crippen LogP contribution in [0.4, 0.5) is 11.4 Å². The van der Waals surface area contributed by atoms with Crippen molar-refractivity contribution in [3.05, 3.63) is 83.4 Å². The number of hydrogen-bond donors (Lipinski definition) is 3. The van der Waals surface area contributed by atoms with E-state index in [2.05, 4.69) is 20.9 Å². The standard InChI is InChI=1S/C28H30N4O3/c33-27(21-7-9-22(10-8-21)29-13-4-14-32-15-17-35-18-16-32)31-25-12-11-23(20-5-2-1-3-6-20)24-19-30-28(34)26(24)25/h1-3,5-12,29H,4,13-19H2,(H,30,34)(H,31,33). The summed E-state index contributed by atoms with van der Waals surface area (Å²) < 4.78 is 5.38. The van der Waals surface area contributed by atoms with Crippen molar-refractivity contribution in [1.29, 1.82) is 0 Å². The second kappa shape index (κ2) is 10.7. The van der Waals surface area contributed by atoms with Gasteiger partial charge in [-0.3, -0.25) is 14.5 Å². The number of nitrogens with one attached hydrogen (secondary N) is 3. The normalized spacial score (nSPS) is 15.4. The number of morpholine rings is 1. The molecule has 35 heavy (non-hydrogen) atoms. The molecule has 3 aromatic rings. The molecular weight excluding hydrogens is 440 g/mol. The smallest absolute Gasteiger partial charge is 0.255 e. The van der Waals surface area contributed by atoms with E-state index in [4.69, 9.17) is 4.74 Å². The first-order valence-corrected chi connectivity index (χ1v) is 12.1. The van der Waals surface area contributed by atoms with Crippen molar-refractivity contribution in [2.24, 2.45) is 0 Å². The van der Waals surface area contributed by atoms with Crippen molar-refractivity contribution in [2.45, 2.75) is 13.0 Å². The SMILES string of the molecule is O=C(Nc1ccc(-c2ccccc2)c2c1C(=O)NC2)c1ccc(NCCCN2CCOCC2)cc1. The molecule has 0 bridgehead atoms. The lowest BCUT2D eigenvalue weighted by Gasteiger charge is -2.26. The summed E-state index contributed by atoms with van der Waals surface area (Å²) in [4.78, 5) is 27.9. The van der Waals surface area contributed by atoms with Crippen LogP contribution in [-0.2, 0) is 11.3 Å². The number of nitrogens with zero attached hydrogens (tertiary/aromatic N) is 1. The minimum absolute atomic E-state index is 0.162. The van der Waals surface area contributed by atoms with Crippen LogP contribution in [0, 0.1) is 0 Å². The van der Waals surface area contributed by atoms with E-state index in [9.17, 15) is 9.59 Å². The van der Waals surface area contributed by atoms with Gasteiger partial charge in [0.2, 0.25) is 0 Å². The summed E-state index contributed by atoms with van der Waals surface area (Å²) >= 11 is 0. The van der Waals surface area contributed by atoms with Gasteiger partial charge in [0, 0.05) is 37.4 Å². The zero-order valence-electron chi connectivity index (χ0n) is 19.7. The van der Waals surface area contributed by atoms with Crippen LogP contribution >= 0.6 is 0 Å². The number of rotatable bonds is 8. The van der Waals surface area contributed by atoms with Gasteiger partial charge < -0.3 is 20.7 Å². The van der Waals surface area contributed by atoms with E-state index in [0.29, 0.717) is 23.4 Å². The molecule has 3 aromatic carbocycles. The van der Waals surface area contributed by atoms with Crippen LogP contribution in [0.5, 0.6) is 0 Å². The first kappa shape index (κ1) is 23.1. The lowest BCUT2D eigenvalue weighted by atomic mass is 9.95. The van der Waals surface area contributed by atoms with E-state index in [1.165, 1.54) is 0 Å². The number of hydrogen-bond acceptors (Lipinski definition) is 5. The molecule has 3 N–H and O–H groups in total. The third-order valence-corrected chi connectivity index (χ3v) is 6.53. The van der Waals surface area contributed by atoms with Gasteiger partial charge in [-0.15, -0.1) is 0 Å². The van der Waals surface area contributed by atoms with E-state index >= 15 is 0 Å². The molecule has 1 saturated heterocycles. The highest BCUT2D eigenvalue weighted by atomic mass is 16.5. The maximum Gasteiger partial charge on any atom is 0.255 e. The molecule has 0 spiro atoms. The van der Waals surface area contributed by atoms with Gasteiger partial charge in [-0.2, -0.15) is 0 Å². The molecule has 0 aromatic heterocycles. The molecule has 2 aliphatic heterocycles. The Morgan fingerprint density at radius 1 is 0.971 bits per heavy atom. The Morgan fingerprint density at radius 2 is 1.74 bits per heavy atom. The van der Waals surface area contributed by atoms with Crippen LogP contribution in [0.25, 0.3) is 11.1 Å². The number of benzene rings is 3. The van der Waals surface area contributed by atoms with Crippen LogP contribution in [-0.4, -0.2) is 56.1 Å². The number of anilines is 2. The van der Waals surface area contributed by atoms with Crippen LogP contribution in [0.15, 0.2) is 66.7 Å². The van der Waals surface area contributed by atoms with Crippen molar-refractivity contribution in [2.75, 3.05) is 50.0 Å². The van der Waals surface area contributed by atoms with Crippen molar-refractivity contribution in [3.8, 4) is 11.1 Å². The summed E-state index contributed by atoms with van der Waals surface area (Å²) in [5.41, 5.74) is 5.56. The first-order chi connectivity index (χ1) is 17.2. The van der Waals surface area contributed by atoms with Crippen LogP contribution in [0.1, 0.15) is 32.7 Å². The number of fused-ring (bicyclic) bond motifs is 1. The number of carbonyl (C=O) groups is 2. The fourth-order valence-electron chi connectivity index (χ4n) is 4.63. The summed E-state index contributed by atoms with van der Waals surface area (Å²) in [5.74, 6) is -0.400. The van der Waals surface area contributed by atoms with Crippen molar-refractivity contribution in [3.63, 3.8) is 0 Å². The number of carbonyl (C=O) groups excluding carboxylic acids is 2. The Labute approximate surface area is 205 Å². The lowest BCUT2D eigenvalue weighted by molar-refractivity contribution is 0.0378. The van der Waals surface area contributed by atoms with Gasteiger partial charge in [-0.05, 0) is 60.0 Å². The monoisotopic (exact) mass is 470 g/mol. The summed E-state index contributed by atoms with van der Waals surface area (Å²) in [6, 6.07) is 21.2. The summed E-state index contributed by atoms with van der Waals surface area (Å²) in [6.07, 6.45) is 1.05. The average Bonchev–Trinajstić information content (AvgIpc) is 3.30. The molecular formula is C28H30N4O3. The van der Waals surface area contributed by atoms with E-state index in [1.807, 2.05) is 54.6 Å². The lowest BCUT2D eigenvalue weighted by Crippen LogP contribution is -2.37. The summed E-state index contributed by atoms with van der Waals surface area (Å²) in [5, 5.41) is 9.25. The van der Waals surface area contributed by atoms with Crippen LogP contribution in [0.2, 0.25) is 0 Å². The van der Waals surface area contributed by atoms with Gasteiger partial charge >= 0.3 is 0 Å². The first-order valence-electron chi connectivity index (χ1n) is 12.1.